The van der Waals surface area contributed by atoms with Crippen molar-refractivity contribution in [2.24, 2.45) is 0 Å². The molecule has 1 amide bonds. The molecule has 0 spiro atoms. The third-order valence-corrected chi connectivity index (χ3v) is 5.99. The average Bonchev–Trinajstić information content (AvgIpc) is 3.28. The van der Waals surface area contributed by atoms with Crippen molar-refractivity contribution in [2.75, 3.05) is 0 Å². The van der Waals surface area contributed by atoms with E-state index in [0.29, 0.717) is 24.5 Å². The van der Waals surface area contributed by atoms with E-state index in [2.05, 4.69) is 10.1 Å². The van der Waals surface area contributed by atoms with Crippen LogP contribution >= 0.6 is 0 Å². The third kappa shape index (κ3) is 2.45. The molecule has 2 bridgehead atoms. The molecule has 1 saturated carbocycles. The summed E-state index contributed by atoms with van der Waals surface area (Å²) in [6, 6.07) is 4.70. The largest absolute Gasteiger partial charge is 0.385 e. The van der Waals surface area contributed by atoms with Gasteiger partial charge in [0.25, 0.3) is 5.91 Å². The lowest BCUT2D eigenvalue weighted by Crippen LogP contribution is -2.52. The number of hydrogen-bond donors (Lipinski definition) is 1. The van der Waals surface area contributed by atoms with Gasteiger partial charge >= 0.3 is 0 Å². The first-order chi connectivity index (χ1) is 12.5. The Kier molecular flexibility index (Phi) is 3.44. The molecule has 0 radical (unpaired) electrons. The summed E-state index contributed by atoms with van der Waals surface area (Å²) >= 11 is 0. The van der Waals surface area contributed by atoms with E-state index in [9.17, 15) is 14.3 Å². The highest BCUT2D eigenvalue weighted by Crippen LogP contribution is 2.47. The first-order valence-corrected chi connectivity index (χ1v) is 9.18. The van der Waals surface area contributed by atoms with Crippen LogP contribution in [-0.4, -0.2) is 38.1 Å². The number of nitrogens with zero attached hydrogens (tertiary/aromatic N) is 3. The molecule has 6 nitrogen and oxygen atoms in total. The molecule has 3 aliphatic rings. The Balaban J connectivity index is 1.40. The van der Waals surface area contributed by atoms with E-state index in [1.807, 2.05) is 4.90 Å². The van der Waals surface area contributed by atoms with Gasteiger partial charge in [0, 0.05) is 48.7 Å². The Morgan fingerprint density at radius 2 is 2.00 bits per heavy atom. The van der Waals surface area contributed by atoms with E-state index in [-0.39, 0.29) is 23.6 Å². The highest BCUT2D eigenvalue weighted by Gasteiger charge is 2.51. The number of aliphatic hydroxyl groups is 1. The lowest BCUT2D eigenvalue weighted by atomic mass is 9.81. The number of amides is 1. The number of hydrogen-bond acceptors (Lipinski definition) is 5. The molecule has 1 aliphatic carbocycles. The number of rotatable bonds is 3. The standard InChI is InChI=1S/C19H20FN3O3/c20-17-14(2-1-7-21-17)19(25)9-12-5-6-13(10-19)23(12)18(24)15-8-16(26-22-15)11-3-4-11/h1-2,7-8,11-13,25H,3-6,9-10H2. The summed E-state index contributed by atoms with van der Waals surface area (Å²) in [5, 5.41) is 15.1. The molecule has 2 aromatic rings. The van der Waals surface area contributed by atoms with Gasteiger partial charge in [-0.2, -0.15) is 4.39 Å². The molecule has 5 rings (SSSR count). The van der Waals surface area contributed by atoms with Crippen molar-refractivity contribution < 1.29 is 18.8 Å². The van der Waals surface area contributed by atoms with E-state index in [1.165, 1.54) is 6.20 Å². The van der Waals surface area contributed by atoms with Crippen molar-refractivity contribution in [3.05, 3.63) is 47.4 Å². The fourth-order valence-electron chi connectivity index (χ4n) is 4.59. The highest BCUT2D eigenvalue weighted by molar-refractivity contribution is 5.93. The van der Waals surface area contributed by atoms with Crippen LogP contribution in [0.4, 0.5) is 4.39 Å². The zero-order valence-electron chi connectivity index (χ0n) is 14.3. The molecular formula is C19H20FN3O3. The van der Waals surface area contributed by atoms with Gasteiger partial charge in [0.2, 0.25) is 5.95 Å². The summed E-state index contributed by atoms with van der Waals surface area (Å²) in [7, 11) is 0. The quantitative estimate of drug-likeness (QED) is 0.855. The third-order valence-electron chi connectivity index (χ3n) is 5.99. The molecular weight excluding hydrogens is 337 g/mol. The SMILES string of the molecule is O=C(c1cc(C2CC2)on1)N1C2CCC1CC(O)(c1cccnc1F)C2. The van der Waals surface area contributed by atoms with Gasteiger partial charge in [-0.05, 0) is 31.7 Å². The summed E-state index contributed by atoms with van der Waals surface area (Å²) in [5.74, 6) is 0.397. The Hall–Kier alpha value is -2.28. The van der Waals surface area contributed by atoms with Gasteiger partial charge < -0.3 is 14.5 Å². The summed E-state index contributed by atoms with van der Waals surface area (Å²) in [4.78, 5) is 18.5. The smallest absolute Gasteiger partial charge is 0.276 e. The molecule has 0 aromatic carbocycles. The second-order valence-electron chi connectivity index (χ2n) is 7.77. The molecule has 7 heteroatoms. The monoisotopic (exact) mass is 357 g/mol. The maximum Gasteiger partial charge on any atom is 0.276 e. The molecule has 2 aromatic heterocycles. The van der Waals surface area contributed by atoms with Crippen molar-refractivity contribution in [1.82, 2.24) is 15.0 Å². The number of halogens is 1. The van der Waals surface area contributed by atoms with E-state index in [4.69, 9.17) is 4.52 Å². The number of fused-ring (bicyclic) bond motifs is 2. The van der Waals surface area contributed by atoms with Crippen LogP contribution in [0.1, 0.15) is 66.3 Å². The number of carbonyl (C=O) groups excluding carboxylic acids is 1. The van der Waals surface area contributed by atoms with Crippen molar-refractivity contribution in [1.29, 1.82) is 0 Å². The second kappa shape index (κ2) is 5.61. The van der Waals surface area contributed by atoms with Gasteiger partial charge in [-0.3, -0.25) is 4.79 Å². The number of carbonyl (C=O) groups is 1. The van der Waals surface area contributed by atoms with Crippen molar-refractivity contribution >= 4 is 5.91 Å². The van der Waals surface area contributed by atoms with Crippen LogP contribution in [0, 0.1) is 5.95 Å². The molecule has 3 fully saturated rings. The number of aromatic nitrogens is 2. The van der Waals surface area contributed by atoms with Crippen LogP contribution < -0.4 is 0 Å². The zero-order chi connectivity index (χ0) is 17.9. The van der Waals surface area contributed by atoms with Crippen molar-refractivity contribution in [3.63, 3.8) is 0 Å². The highest BCUT2D eigenvalue weighted by atomic mass is 19.1. The first kappa shape index (κ1) is 15.9. The molecule has 26 heavy (non-hydrogen) atoms. The van der Waals surface area contributed by atoms with E-state index in [1.54, 1.807) is 18.2 Å². The normalized spacial score (nSPS) is 30.6. The molecule has 136 valence electrons. The van der Waals surface area contributed by atoms with Gasteiger partial charge in [-0.15, -0.1) is 0 Å². The topological polar surface area (TPSA) is 79.5 Å². The fourth-order valence-corrected chi connectivity index (χ4v) is 4.59. The Morgan fingerprint density at radius 3 is 2.65 bits per heavy atom. The van der Waals surface area contributed by atoms with Gasteiger partial charge in [-0.1, -0.05) is 11.2 Å². The van der Waals surface area contributed by atoms with Crippen LogP contribution in [0.2, 0.25) is 0 Å². The lowest BCUT2D eigenvalue weighted by molar-refractivity contribution is -0.0506. The molecule has 4 heterocycles. The number of piperidine rings is 1. The summed E-state index contributed by atoms with van der Waals surface area (Å²) in [6.07, 6.45) is 5.76. The summed E-state index contributed by atoms with van der Waals surface area (Å²) in [5.41, 5.74) is -0.729. The molecule has 2 atom stereocenters. The summed E-state index contributed by atoms with van der Waals surface area (Å²) in [6.45, 7) is 0. The Morgan fingerprint density at radius 1 is 1.27 bits per heavy atom. The van der Waals surface area contributed by atoms with Crippen molar-refractivity contribution in [3.8, 4) is 0 Å². The lowest BCUT2D eigenvalue weighted by Gasteiger charge is -2.43. The van der Waals surface area contributed by atoms with Gasteiger partial charge in [0.15, 0.2) is 5.69 Å². The Bertz CT molecular complexity index is 849. The fraction of sp³-hybridized carbons (Fsp3) is 0.526. The zero-order valence-corrected chi connectivity index (χ0v) is 14.3. The van der Waals surface area contributed by atoms with Crippen LogP contribution in [0.25, 0.3) is 0 Å². The molecule has 1 N–H and O–H groups in total. The van der Waals surface area contributed by atoms with Crippen molar-refractivity contribution in [2.45, 2.75) is 62.1 Å². The predicted octanol–water partition coefficient (Wildman–Crippen LogP) is 2.74. The minimum Gasteiger partial charge on any atom is -0.385 e. The van der Waals surface area contributed by atoms with Crippen LogP contribution in [0.3, 0.4) is 0 Å². The van der Waals surface area contributed by atoms with Gasteiger partial charge in [0.05, 0.1) is 5.60 Å². The summed E-state index contributed by atoms with van der Waals surface area (Å²) < 4.78 is 19.4. The van der Waals surface area contributed by atoms with Crippen LogP contribution in [-0.2, 0) is 5.60 Å². The van der Waals surface area contributed by atoms with E-state index in [0.717, 1.165) is 31.4 Å². The van der Waals surface area contributed by atoms with Gasteiger partial charge in [-0.25, -0.2) is 4.98 Å². The molecule has 2 saturated heterocycles. The Labute approximate surface area is 150 Å². The van der Waals surface area contributed by atoms with E-state index < -0.39 is 11.5 Å². The van der Waals surface area contributed by atoms with Crippen LogP contribution in [0.5, 0.6) is 0 Å². The van der Waals surface area contributed by atoms with Crippen LogP contribution in [0.15, 0.2) is 28.9 Å². The average molecular weight is 357 g/mol. The molecule has 2 aliphatic heterocycles. The maximum absolute atomic E-state index is 14.1. The minimum atomic E-state index is -1.29. The first-order valence-electron chi connectivity index (χ1n) is 9.18. The van der Waals surface area contributed by atoms with E-state index >= 15 is 0 Å². The number of pyridine rings is 1. The minimum absolute atomic E-state index is 0.132. The maximum atomic E-state index is 14.1. The van der Waals surface area contributed by atoms with Gasteiger partial charge in [0.1, 0.15) is 5.76 Å². The second-order valence-corrected chi connectivity index (χ2v) is 7.77. The molecule has 2 unspecified atom stereocenters. The predicted molar refractivity (Wildman–Crippen MR) is 88.8 cm³/mol.